The standard InChI is InChI=1S/C18H31N3/c1-18(11-6-3-7-12-18)17(19)14-15-10-13-21(20-15)16-8-4-2-5-9-16/h10,13,16-17H,2-9,11-12,14,19H2,1H3. The Balaban J connectivity index is 1.61. The van der Waals surface area contributed by atoms with Crippen molar-refractivity contribution in [2.45, 2.75) is 89.6 Å². The van der Waals surface area contributed by atoms with Crippen molar-refractivity contribution in [2.24, 2.45) is 11.1 Å². The van der Waals surface area contributed by atoms with Crippen molar-refractivity contribution in [1.29, 1.82) is 0 Å². The molecule has 2 aliphatic carbocycles. The zero-order valence-corrected chi connectivity index (χ0v) is 13.6. The van der Waals surface area contributed by atoms with Gasteiger partial charge >= 0.3 is 0 Å². The Bertz CT molecular complexity index is 439. The second-order valence-electron chi connectivity index (χ2n) is 7.60. The molecule has 0 radical (unpaired) electrons. The lowest BCUT2D eigenvalue weighted by molar-refractivity contribution is 0.168. The fraction of sp³-hybridized carbons (Fsp3) is 0.833. The first-order valence-electron chi connectivity index (χ1n) is 8.97. The van der Waals surface area contributed by atoms with E-state index in [0.29, 0.717) is 11.5 Å². The lowest BCUT2D eigenvalue weighted by atomic mass is 9.70. The van der Waals surface area contributed by atoms with E-state index in [0.717, 1.165) is 6.42 Å². The van der Waals surface area contributed by atoms with E-state index in [1.165, 1.54) is 69.9 Å². The Morgan fingerprint density at radius 1 is 1.19 bits per heavy atom. The molecule has 0 spiro atoms. The van der Waals surface area contributed by atoms with Crippen molar-refractivity contribution >= 4 is 0 Å². The Morgan fingerprint density at radius 3 is 2.57 bits per heavy atom. The van der Waals surface area contributed by atoms with Gasteiger partial charge in [0.15, 0.2) is 0 Å². The first-order valence-corrected chi connectivity index (χ1v) is 8.97. The molecule has 1 atom stereocenters. The number of nitrogens with zero attached hydrogens (tertiary/aromatic N) is 2. The van der Waals surface area contributed by atoms with E-state index >= 15 is 0 Å². The minimum absolute atomic E-state index is 0.257. The van der Waals surface area contributed by atoms with E-state index in [2.05, 4.69) is 23.9 Å². The molecule has 0 aliphatic heterocycles. The zero-order valence-electron chi connectivity index (χ0n) is 13.6. The van der Waals surface area contributed by atoms with Crippen molar-refractivity contribution in [2.75, 3.05) is 0 Å². The van der Waals surface area contributed by atoms with Crippen molar-refractivity contribution < 1.29 is 0 Å². The van der Waals surface area contributed by atoms with Crippen molar-refractivity contribution in [3.63, 3.8) is 0 Å². The van der Waals surface area contributed by atoms with E-state index in [-0.39, 0.29) is 6.04 Å². The van der Waals surface area contributed by atoms with Crippen LogP contribution in [0.15, 0.2) is 12.3 Å². The normalized spacial score (nSPS) is 24.9. The quantitative estimate of drug-likeness (QED) is 0.901. The van der Waals surface area contributed by atoms with Gasteiger partial charge < -0.3 is 5.73 Å². The topological polar surface area (TPSA) is 43.8 Å². The van der Waals surface area contributed by atoms with Crippen LogP contribution in [0.1, 0.15) is 82.9 Å². The van der Waals surface area contributed by atoms with E-state index in [1.54, 1.807) is 0 Å². The first kappa shape index (κ1) is 15.1. The maximum absolute atomic E-state index is 6.55. The molecule has 21 heavy (non-hydrogen) atoms. The maximum Gasteiger partial charge on any atom is 0.0640 e. The van der Waals surface area contributed by atoms with Gasteiger partial charge in [-0.15, -0.1) is 0 Å². The van der Waals surface area contributed by atoms with E-state index in [9.17, 15) is 0 Å². The molecule has 0 saturated heterocycles. The van der Waals surface area contributed by atoms with Gasteiger partial charge in [-0.05, 0) is 37.2 Å². The smallest absolute Gasteiger partial charge is 0.0640 e. The van der Waals surface area contributed by atoms with Crippen LogP contribution in [0.2, 0.25) is 0 Å². The molecule has 1 aromatic rings. The summed E-state index contributed by atoms with van der Waals surface area (Å²) >= 11 is 0. The highest BCUT2D eigenvalue weighted by Crippen LogP contribution is 2.39. The monoisotopic (exact) mass is 289 g/mol. The Kier molecular flexibility index (Phi) is 4.68. The number of aromatic nitrogens is 2. The summed E-state index contributed by atoms with van der Waals surface area (Å²) in [6, 6.07) is 3.09. The van der Waals surface area contributed by atoms with Crippen LogP contribution < -0.4 is 5.73 Å². The van der Waals surface area contributed by atoms with Crippen molar-refractivity contribution in [1.82, 2.24) is 9.78 Å². The maximum atomic E-state index is 6.55. The molecular formula is C18H31N3. The van der Waals surface area contributed by atoms with E-state index in [1.807, 2.05) is 0 Å². The van der Waals surface area contributed by atoms with Crippen LogP contribution in [0.5, 0.6) is 0 Å². The Labute approximate surface area is 129 Å². The van der Waals surface area contributed by atoms with Gasteiger partial charge in [0.25, 0.3) is 0 Å². The number of rotatable bonds is 4. The van der Waals surface area contributed by atoms with Gasteiger partial charge in [-0.25, -0.2) is 0 Å². The predicted molar refractivity (Wildman–Crippen MR) is 87.2 cm³/mol. The highest BCUT2D eigenvalue weighted by molar-refractivity contribution is 5.05. The highest BCUT2D eigenvalue weighted by Gasteiger charge is 2.33. The Morgan fingerprint density at radius 2 is 1.86 bits per heavy atom. The molecule has 118 valence electrons. The lowest BCUT2D eigenvalue weighted by Gasteiger charge is -2.38. The summed E-state index contributed by atoms with van der Waals surface area (Å²) in [5.74, 6) is 0. The summed E-state index contributed by atoms with van der Waals surface area (Å²) in [6.45, 7) is 2.38. The summed E-state index contributed by atoms with van der Waals surface area (Å²) in [4.78, 5) is 0. The summed E-state index contributed by atoms with van der Waals surface area (Å²) in [6.07, 6.45) is 16.5. The molecule has 1 unspecified atom stereocenters. The lowest BCUT2D eigenvalue weighted by Crippen LogP contribution is -2.42. The summed E-state index contributed by atoms with van der Waals surface area (Å²) < 4.78 is 2.21. The first-order chi connectivity index (χ1) is 10.2. The second-order valence-corrected chi connectivity index (χ2v) is 7.60. The SMILES string of the molecule is CC1(C(N)Cc2ccn(C3CCCCC3)n2)CCCCC1. The van der Waals surface area contributed by atoms with Gasteiger partial charge in [-0.3, -0.25) is 4.68 Å². The summed E-state index contributed by atoms with van der Waals surface area (Å²) in [5, 5.41) is 4.84. The fourth-order valence-electron chi connectivity index (χ4n) is 4.24. The van der Waals surface area contributed by atoms with Crippen LogP contribution in [0.3, 0.4) is 0 Å². The minimum atomic E-state index is 0.257. The van der Waals surface area contributed by atoms with Crippen LogP contribution in [-0.2, 0) is 6.42 Å². The molecule has 0 aromatic carbocycles. The largest absolute Gasteiger partial charge is 0.327 e. The van der Waals surface area contributed by atoms with Gasteiger partial charge in [-0.1, -0.05) is 45.4 Å². The molecule has 0 amide bonds. The molecule has 2 aliphatic rings. The van der Waals surface area contributed by atoms with Crippen molar-refractivity contribution in [3.8, 4) is 0 Å². The van der Waals surface area contributed by atoms with Crippen LogP contribution in [0.4, 0.5) is 0 Å². The molecule has 3 nitrogen and oxygen atoms in total. The molecule has 1 heterocycles. The van der Waals surface area contributed by atoms with E-state index in [4.69, 9.17) is 10.8 Å². The fourth-order valence-corrected chi connectivity index (χ4v) is 4.24. The van der Waals surface area contributed by atoms with Crippen LogP contribution in [0.25, 0.3) is 0 Å². The molecule has 3 rings (SSSR count). The molecule has 2 fully saturated rings. The second kappa shape index (κ2) is 6.51. The van der Waals surface area contributed by atoms with E-state index < -0.39 is 0 Å². The number of nitrogens with two attached hydrogens (primary N) is 1. The third kappa shape index (κ3) is 3.50. The van der Waals surface area contributed by atoms with Gasteiger partial charge in [0.2, 0.25) is 0 Å². The zero-order chi connectivity index (χ0) is 14.7. The van der Waals surface area contributed by atoms with Crippen LogP contribution >= 0.6 is 0 Å². The number of hydrogen-bond acceptors (Lipinski definition) is 2. The van der Waals surface area contributed by atoms with Gasteiger partial charge in [0.1, 0.15) is 0 Å². The van der Waals surface area contributed by atoms with Crippen LogP contribution in [-0.4, -0.2) is 15.8 Å². The molecular weight excluding hydrogens is 258 g/mol. The van der Waals surface area contributed by atoms with Crippen LogP contribution in [0, 0.1) is 5.41 Å². The Hall–Kier alpha value is -0.830. The summed E-state index contributed by atoms with van der Waals surface area (Å²) in [5.41, 5.74) is 8.07. The molecule has 3 heteroatoms. The van der Waals surface area contributed by atoms with Gasteiger partial charge in [0, 0.05) is 18.7 Å². The molecule has 2 saturated carbocycles. The number of hydrogen-bond donors (Lipinski definition) is 1. The summed E-state index contributed by atoms with van der Waals surface area (Å²) in [7, 11) is 0. The predicted octanol–water partition coefficient (Wildman–Crippen LogP) is 4.23. The van der Waals surface area contributed by atoms with Gasteiger partial charge in [0.05, 0.1) is 11.7 Å². The highest BCUT2D eigenvalue weighted by atomic mass is 15.3. The van der Waals surface area contributed by atoms with Gasteiger partial charge in [-0.2, -0.15) is 5.10 Å². The third-order valence-electron chi connectivity index (χ3n) is 5.93. The minimum Gasteiger partial charge on any atom is -0.327 e. The molecule has 1 aromatic heterocycles. The average molecular weight is 289 g/mol. The van der Waals surface area contributed by atoms with Crippen molar-refractivity contribution in [3.05, 3.63) is 18.0 Å². The average Bonchev–Trinajstić information content (AvgIpc) is 2.97. The molecule has 0 bridgehead atoms. The molecule has 2 N–H and O–H groups in total. The third-order valence-corrected chi connectivity index (χ3v) is 5.93.